The van der Waals surface area contributed by atoms with Gasteiger partial charge in [-0.05, 0) is 24.3 Å². The van der Waals surface area contributed by atoms with Gasteiger partial charge in [-0.1, -0.05) is 29.9 Å². The third kappa shape index (κ3) is 4.65. The van der Waals surface area contributed by atoms with Crippen LogP contribution in [0.25, 0.3) is 11.5 Å². The van der Waals surface area contributed by atoms with E-state index in [0.717, 1.165) is 5.69 Å². The average Bonchev–Trinajstić information content (AvgIpc) is 3.24. The Morgan fingerprint density at radius 3 is 2.47 bits per heavy atom. The minimum atomic E-state index is -0.640. The second-order valence-electron chi connectivity index (χ2n) is 6.00. The zero-order chi connectivity index (χ0) is 21.7. The van der Waals surface area contributed by atoms with Crippen LogP contribution >= 0.6 is 0 Å². The molecule has 30 heavy (non-hydrogen) atoms. The lowest BCUT2D eigenvalue weighted by atomic mass is 10.2. The molecule has 0 radical (unpaired) electrons. The summed E-state index contributed by atoms with van der Waals surface area (Å²) >= 11 is 0. The van der Waals surface area contributed by atoms with Gasteiger partial charge in [-0.2, -0.15) is 15.0 Å². The number of nitrogens with two attached hydrogens (primary N) is 3. The van der Waals surface area contributed by atoms with E-state index in [0.29, 0.717) is 11.4 Å². The number of aliphatic imine (C=N–C) groups is 2. The van der Waals surface area contributed by atoms with Crippen molar-refractivity contribution in [2.45, 2.75) is 0 Å². The van der Waals surface area contributed by atoms with E-state index < -0.39 is 5.91 Å². The van der Waals surface area contributed by atoms with Crippen molar-refractivity contribution in [1.82, 2.24) is 15.1 Å². The molecule has 0 spiro atoms. The first kappa shape index (κ1) is 20.2. The predicted octanol–water partition coefficient (Wildman–Crippen LogP) is 0.858. The van der Waals surface area contributed by atoms with Crippen molar-refractivity contribution in [1.29, 1.82) is 0 Å². The molecule has 1 aromatic carbocycles. The van der Waals surface area contributed by atoms with E-state index in [9.17, 15) is 4.79 Å². The van der Waals surface area contributed by atoms with Crippen LogP contribution in [0.3, 0.4) is 0 Å². The number of guanidine groups is 1. The van der Waals surface area contributed by atoms with Crippen LogP contribution in [0.4, 0.5) is 5.69 Å². The molecule has 3 aromatic rings. The highest BCUT2D eigenvalue weighted by Gasteiger charge is 2.13. The number of amides is 1. The Morgan fingerprint density at radius 2 is 1.83 bits per heavy atom. The second kappa shape index (κ2) is 8.65. The van der Waals surface area contributed by atoms with E-state index >= 15 is 0 Å². The Morgan fingerprint density at radius 1 is 1.10 bits per heavy atom. The third-order valence-electron chi connectivity index (χ3n) is 3.93. The van der Waals surface area contributed by atoms with Crippen molar-refractivity contribution >= 4 is 23.4 Å². The van der Waals surface area contributed by atoms with Crippen LogP contribution < -0.4 is 22.1 Å². The molecule has 1 amide bonds. The van der Waals surface area contributed by atoms with Gasteiger partial charge in [0.05, 0.1) is 5.56 Å². The summed E-state index contributed by atoms with van der Waals surface area (Å²) in [5.41, 5.74) is 18.4. The molecule has 0 aliphatic heterocycles. The number of hydrogen-bond donors (Lipinski definition) is 3. The fourth-order valence-electron chi connectivity index (χ4n) is 2.32. The highest BCUT2D eigenvalue weighted by molar-refractivity contribution is 6.02. The zero-order valence-electron chi connectivity index (χ0n) is 16.1. The number of nitrogens with zero attached hydrogens (tertiary/aromatic N) is 6. The van der Waals surface area contributed by atoms with Gasteiger partial charge in [0.25, 0.3) is 11.8 Å². The van der Waals surface area contributed by atoms with Crippen molar-refractivity contribution in [3.05, 3.63) is 72.6 Å². The van der Waals surface area contributed by atoms with Gasteiger partial charge < -0.3 is 26.6 Å². The van der Waals surface area contributed by atoms with Gasteiger partial charge in [-0.25, -0.2) is 0 Å². The van der Waals surface area contributed by atoms with Gasteiger partial charge >= 0.3 is 0 Å². The molecule has 6 N–H and O–H groups in total. The molecule has 2 heterocycles. The molecule has 0 saturated heterocycles. The molecule has 11 heteroatoms. The number of para-hydroxylation sites is 1. The highest BCUT2D eigenvalue weighted by atomic mass is 16.5. The number of anilines is 1. The van der Waals surface area contributed by atoms with Crippen LogP contribution in [0.2, 0.25) is 0 Å². The normalized spacial score (nSPS) is 11.9. The van der Waals surface area contributed by atoms with Gasteiger partial charge in [0, 0.05) is 18.9 Å². The lowest BCUT2D eigenvalue weighted by Crippen LogP contribution is -2.22. The molecule has 3 rings (SSSR count). The van der Waals surface area contributed by atoms with Crippen LogP contribution in [0.5, 0.6) is 0 Å². The Bertz CT molecular complexity index is 1120. The van der Waals surface area contributed by atoms with Gasteiger partial charge in [-0.15, -0.1) is 0 Å². The molecule has 2 aromatic heterocycles. The van der Waals surface area contributed by atoms with Crippen molar-refractivity contribution in [3.8, 4) is 11.5 Å². The molecule has 152 valence electrons. The van der Waals surface area contributed by atoms with Crippen molar-refractivity contribution in [2.75, 3.05) is 11.9 Å². The summed E-state index contributed by atoms with van der Waals surface area (Å²) in [5, 5.41) is 3.76. The first-order valence-electron chi connectivity index (χ1n) is 8.61. The molecule has 0 fully saturated rings. The lowest BCUT2D eigenvalue weighted by molar-refractivity contribution is 0.0995. The Kier molecular flexibility index (Phi) is 5.82. The Balaban J connectivity index is 1.74. The molecule has 0 saturated carbocycles. The standard InChI is InChI=1S/C19H19N9O2/c1-11(28(2)13-6-4-3-5-7-13)24-19(22)25-15(20)17-26-18(30-27-17)12-8-9-14(16(21)29)23-10-12/h3-10H,1H2,2H3,(H2,21,29)(H4,20,22,24,25). The van der Waals surface area contributed by atoms with E-state index in [4.69, 9.17) is 21.7 Å². The maximum absolute atomic E-state index is 11.1. The number of primary amides is 1. The molecule has 0 atom stereocenters. The summed E-state index contributed by atoms with van der Waals surface area (Å²) in [4.78, 5) is 29.0. The van der Waals surface area contributed by atoms with Crippen LogP contribution in [-0.2, 0) is 0 Å². The minimum Gasteiger partial charge on any atom is -0.380 e. The molecular weight excluding hydrogens is 386 g/mol. The number of carbonyl (C=O) groups is 1. The third-order valence-corrected chi connectivity index (χ3v) is 3.93. The van der Waals surface area contributed by atoms with Gasteiger partial charge in [0.1, 0.15) is 11.5 Å². The first-order chi connectivity index (χ1) is 14.3. The van der Waals surface area contributed by atoms with E-state index in [1.54, 1.807) is 18.0 Å². The van der Waals surface area contributed by atoms with E-state index in [1.165, 1.54) is 12.3 Å². The number of aromatic nitrogens is 3. The molecule has 11 nitrogen and oxygen atoms in total. The SMILES string of the molecule is C=C(N=C(N)N=C(N)c1noc(-c2ccc(C(N)=O)nc2)n1)N(C)c1ccccc1. The number of carbonyl (C=O) groups excluding carboxylic acids is 1. The monoisotopic (exact) mass is 405 g/mol. The predicted molar refractivity (Wildman–Crippen MR) is 112 cm³/mol. The summed E-state index contributed by atoms with van der Waals surface area (Å²) in [5.74, 6) is -0.343. The van der Waals surface area contributed by atoms with Crippen LogP contribution in [0, 0.1) is 0 Å². The van der Waals surface area contributed by atoms with E-state index in [-0.39, 0.29) is 29.2 Å². The fraction of sp³-hybridized carbons (Fsp3) is 0.0526. The van der Waals surface area contributed by atoms with Gasteiger partial charge in [0.15, 0.2) is 5.84 Å². The first-order valence-corrected chi connectivity index (χ1v) is 8.61. The van der Waals surface area contributed by atoms with Crippen molar-refractivity contribution < 1.29 is 9.32 Å². The second-order valence-corrected chi connectivity index (χ2v) is 6.00. The van der Waals surface area contributed by atoms with E-state index in [1.807, 2.05) is 30.3 Å². The van der Waals surface area contributed by atoms with Gasteiger partial charge in [-0.3, -0.25) is 9.78 Å². The quantitative estimate of drug-likeness (QED) is 0.399. The maximum Gasteiger partial charge on any atom is 0.267 e. The zero-order valence-corrected chi connectivity index (χ0v) is 16.1. The summed E-state index contributed by atoms with van der Waals surface area (Å²) in [6.07, 6.45) is 1.38. The summed E-state index contributed by atoms with van der Waals surface area (Å²) in [7, 11) is 1.80. The van der Waals surface area contributed by atoms with Crippen molar-refractivity contribution in [2.24, 2.45) is 27.2 Å². The maximum atomic E-state index is 11.1. The number of rotatable bonds is 6. The smallest absolute Gasteiger partial charge is 0.267 e. The molecule has 0 bridgehead atoms. The fourth-order valence-corrected chi connectivity index (χ4v) is 2.32. The summed E-state index contributed by atoms with van der Waals surface area (Å²) < 4.78 is 5.15. The Hall–Kier alpha value is -4.54. The van der Waals surface area contributed by atoms with E-state index in [2.05, 4.69) is 31.7 Å². The highest BCUT2D eigenvalue weighted by Crippen LogP contribution is 2.17. The van der Waals surface area contributed by atoms with Crippen LogP contribution in [-0.4, -0.2) is 39.9 Å². The van der Waals surface area contributed by atoms with Crippen LogP contribution in [0.15, 0.2) is 75.6 Å². The Labute approximate surface area is 171 Å². The molecular formula is C19H19N9O2. The van der Waals surface area contributed by atoms with Gasteiger partial charge in [0.2, 0.25) is 11.8 Å². The number of hydrogen-bond acceptors (Lipinski definition) is 7. The molecule has 0 aliphatic carbocycles. The number of pyridine rings is 1. The largest absolute Gasteiger partial charge is 0.380 e. The average molecular weight is 405 g/mol. The topological polar surface area (TPSA) is 175 Å². The number of amidine groups is 1. The lowest BCUT2D eigenvalue weighted by Gasteiger charge is -2.18. The summed E-state index contributed by atoms with van der Waals surface area (Å²) in [6.45, 7) is 3.87. The molecule has 0 aliphatic rings. The summed E-state index contributed by atoms with van der Waals surface area (Å²) in [6, 6.07) is 12.5. The van der Waals surface area contributed by atoms with Crippen LogP contribution in [0.1, 0.15) is 16.3 Å². The van der Waals surface area contributed by atoms with Crippen molar-refractivity contribution in [3.63, 3.8) is 0 Å². The minimum absolute atomic E-state index is 0.0177. The number of benzene rings is 1. The molecule has 0 unspecified atom stereocenters.